The Morgan fingerprint density at radius 1 is 0.578 bits per heavy atom. The van der Waals surface area contributed by atoms with Crippen molar-refractivity contribution >= 4 is 43.6 Å². The van der Waals surface area contributed by atoms with Gasteiger partial charge < -0.3 is 44.1 Å². The van der Waals surface area contributed by atoms with Crippen LogP contribution in [0.15, 0.2) is 18.2 Å². The van der Waals surface area contributed by atoms with Crippen LogP contribution in [0.2, 0.25) is 0 Å². The fourth-order valence-corrected chi connectivity index (χ4v) is 11.0. The van der Waals surface area contributed by atoms with E-state index in [-0.39, 0.29) is 125 Å². The molecule has 1 aromatic rings. The normalized spacial score (nSPS) is 15.0. The molecule has 2 rings (SSSR count). The molecule has 4 N–H and O–H groups in total. The number of nitrogens with one attached hydrogen (secondary N) is 1. The maximum Gasteiger partial charge on any atom is 0.320 e. The summed E-state index contributed by atoms with van der Waals surface area (Å²) in [6.45, 7) is 2.66. The number of esters is 2. The number of aromatic nitrogens is 1. The molecule has 2 bridgehead atoms. The first-order chi connectivity index (χ1) is 39.6. The van der Waals surface area contributed by atoms with Gasteiger partial charge in [-0.1, -0.05) is 200 Å². The van der Waals surface area contributed by atoms with E-state index in [1.54, 1.807) is 32.9 Å². The number of aliphatic carboxylic acids is 3. The van der Waals surface area contributed by atoms with Crippen LogP contribution < -0.4 is 10.2 Å². The van der Waals surface area contributed by atoms with Crippen LogP contribution in [-0.2, 0) is 64.9 Å². The number of rotatable bonds is 51. The van der Waals surface area contributed by atoms with Crippen LogP contribution in [0.3, 0.4) is 0 Å². The van der Waals surface area contributed by atoms with Gasteiger partial charge in [-0.25, -0.2) is 0 Å². The van der Waals surface area contributed by atoms with Gasteiger partial charge in [-0.3, -0.25) is 53.0 Å². The largest absolute Gasteiger partial charge is 0.756 e. The molecule has 0 saturated heterocycles. The molecule has 0 spiro atoms. The Kier molecular flexibility index (Phi) is 48.4. The molecule has 1 aliphatic rings. The van der Waals surface area contributed by atoms with E-state index in [0.29, 0.717) is 24.2 Å². The average molecular weight is 1340 g/mol. The van der Waals surface area contributed by atoms with Gasteiger partial charge in [0.05, 0.1) is 37.7 Å². The number of ether oxygens (including phenoxy) is 2. The van der Waals surface area contributed by atoms with Gasteiger partial charge in [0, 0.05) is 105 Å². The van der Waals surface area contributed by atoms with E-state index in [2.05, 4.69) is 24.1 Å². The predicted molar refractivity (Wildman–Crippen MR) is 315 cm³/mol. The number of phosphoric acid groups is 1. The van der Waals surface area contributed by atoms with Gasteiger partial charge in [-0.15, -0.1) is 0 Å². The van der Waals surface area contributed by atoms with Crippen molar-refractivity contribution < 1.29 is 112 Å². The van der Waals surface area contributed by atoms with Gasteiger partial charge in [-0.2, -0.15) is 0 Å². The summed E-state index contributed by atoms with van der Waals surface area (Å²) in [5, 5.41) is 32.1. The molecular weight excluding hydrogens is 1230 g/mol. The van der Waals surface area contributed by atoms with Gasteiger partial charge >= 0.3 is 29.8 Å². The Labute approximate surface area is 529 Å². The van der Waals surface area contributed by atoms with E-state index in [1.807, 2.05) is 0 Å². The number of carbonyl (C=O) groups is 6. The Balaban J connectivity index is 0.0000344. The third kappa shape index (κ3) is 44.4. The SMILES string of the molecule is CCCCCCCCCCCCCCCCCC(=O)OC[C@H](COP(=O)([O-])OCCNC(=O)CCC(C(=O)O)N1CCN(CC(=O)O)Cc2cccc(n2)CN(CC(=O)O)CC1)OC(=O)CCCCCCCCCCCCCCCCC.[Gd]. The van der Waals surface area contributed by atoms with Crippen molar-refractivity contribution in [1.82, 2.24) is 25.0 Å². The van der Waals surface area contributed by atoms with E-state index < -0.39 is 75.5 Å². The van der Waals surface area contributed by atoms with Crippen molar-refractivity contribution in [2.24, 2.45) is 0 Å². The summed E-state index contributed by atoms with van der Waals surface area (Å²) >= 11 is 0. The fraction of sp³-hybridized carbons (Fsp3) is 0.820. The Bertz CT molecular complexity index is 1900. The molecular formula is C61H107GdN5O15P-. The molecule has 0 radical (unpaired) electrons. The molecule has 22 heteroatoms. The van der Waals surface area contributed by atoms with Crippen LogP contribution in [0.4, 0.5) is 0 Å². The minimum Gasteiger partial charge on any atom is -0.756 e. The molecule has 20 nitrogen and oxygen atoms in total. The number of carboxylic acids is 3. The molecule has 83 heavy (non-hydrogen) atoms. The second kappa shape index (κ2) is 51.3. The maximum atomic E-state index is 13.0. The van der Waals surface area contributed by atoms with E-state index in [0.717, 1.165) is 44.9 Å². The van der Waals surface area contributed by atoms with Crippen molar-refractivity contribution in [3.8, 4) is 0 Å². The van der Waals surface area contributed by atoms with Crippen LogP contribution >= 0.6 is 7.82 Å². The van der Waals surface area contributed by atoms with Crippen LogP contribution in [0, 0.1) is 39.9 Å². The van der Waals surface area contributed by atoms with Crippen LogP contribution in [0.5, 0.6) is 0 Å². The van der Waals surface area contributed by atoms with Crippen molar-refractivity contribution in [3.63, 3.8) is 0 Å². The molecule has 1 amide bonds. The number of pyridine rings is 1. The second-order valence-electron chi connectivity index (χ2n) is 22.4. The smallest absolute Gasteiger partial charge is 0.320 e. The van der Waals surface area contributed by atoms with Gasteiger partial charge in [-0.05, 0) is 31.4 Å². The first-order valence-corrected chi connectivity index (χ1v) is 33.1. The molecule has 0 fully saturated rings. The summed E-state index contributed by atoms with van der Waals surface area (Å²) < 4.78 is 34.0. The Hall–Kier alpha value is -2.72. The summed E-state index contributed by atoms with van der Waals surface area (Å²) in [6.07, 6.45) is 34.2. The topological polar surface area (TPSA) is 275 Å². The number of unbranched alkanes of at least 4 members (excludes halogenated alkanes) is 28. The first-order valence-electron chi connectivity index (χ1n) is 31.6. The first kappa shape index (κ1) is 78.3. The summed E-state index contributed by atoms with van der Waals surface area (Å²) in [4.78, 5) is 97.2. The van der Waals surface area contributed by atoms with Crippen molar-refractivity contribution in [1.29, 1.82) is 0 Å². The minimum atomic E-state index is -5.03. The zero-order chi connectivity index (χ0) is 59.9. The molecule has 2 heterocycles. The molecule has 1 aliphatic heterocycles. The van der Waals surface area contributed by atoms with E-state index >= 15 is 0 Å². The number of amides is 1. The summed E-state index contributed by atoms with van der Waals surface area (Å²) in [7, 11) is -5.03. The summed E-state index contributed by atoms with van der Waals surface area (Å²) in [6, 6.07) is 4.02. The monoisotopic (exact) mass is 1340 g/mol. The van der Waals surface area contributed by atoms with Crippen molar-refractivity contribution in [2.45, 2.75) is 257 Å². The van der Waals surface area contributed by atoms with Crippen molar-refractivity contribution in [2.75, 3.05) is 65.6 Å². The fourth-order valence-electron chi connectivity index (χ4n) is 10.2. The van der Waals surface area contributed by atoms with Gasteiger partial charge in [0.1, 0.15) is 12.6 Å². The number of carbonyl (C=O) groups excluding carboxylic acids is 3. The van der Waals surface area contributed by atoms with Crippen LogP contribution in [0.1, 0.15) is 244 Å². The zero-order valence-electron chi connectivity index (χ0n) is 50.7. The van der Waals surface area contributed by atoms with Gasteiger partial charge in [0.2, 0.25) is 5.91 Å². The molecule has 0 aliphatic carbocycles. The van der Waals surface area contributed by atoms with E-state index in [9.17, 15) is 53.5 Å². The van der Waals surface area contributed by atoms with E-state index in [1.165, 1.54) is 135 Å². The van der Waals surface area contributed by atoms with E-state index in [4.69, 9.17) is 18.5 Å². The number of phosphoric ester groups is 1. The zero-order valence-corrected chi connectivity index (χ0v) is 53.9. The number of hydrogen-bond acceptors (Lipinski definition) is 16. The molecule has 0 aromatic carbocycles. The standard InChI is InChI=1S/C61H108N5O15P.Gd/c1-3-5-7-9-11-13-15-17-19-21-23-25-27-29-31-36-59(72)78-50-54(81-60(73)37-32-30-28-26-24-22-20-18-16-14-12-10-8-6-4-2)51-80-82(76,77)79-45-40-62-56(67)39-38-55(61(74)75)66-43-41-64(48-57(68)69)46-52-34-33-35-53(63-52)47-65(42-44-66)49-58(70)71;/h33-35,54-55H,3-32,36-51H2,1-2H3,(H,62,67)(H,68,69)(H,70,71)(H,74,75)(H,76,77);/p-1/t54-,55?;/m1./s1. The number of nitrogens with zero attached hydrogens (tertiary/aromatic N) is 4. The van der Waals surface area contributed by atoms with Gasteiger partial charge in [0.25, 0.3) is 7.82 Å². The molecule has 2 unspecified atom stereocenters. The number of hydrogen-bond donors (Lipinski definition) is 4. The number of fused-ring (bicyclic) bond motifs is 2. The summed E-state index contributed by atoms with van der Waals surface area (Å²) in [5.41, 5.74) is 1.14. The molecule has 0 saturated carbocycles. The van der Waals surface area contributed by atoms with Crippen molar-refractivity contribution in [3.05, 3.63) is 29.6 Å². The third-order valence-corrected chi connectivity index (χ3v) is 15.9. The van der Waals surface area contributed by atoms with Crippen LogP contribution in [0.25, 0.3) is 0 Å². The molecule has 1 aromatic heterocycles. The average Bonchev–Trinajstić information content (AvgIpc) is 3.47. The minimum absolute atomic E-state index is 0. The van der Waals surface area contributed by atoms with Crippen LogP contribution in [-0.4, -0.2) is 149 Å². The second-order valence-corrected chi connectivity index (χ2v) is 23.8. The maximum absolute atomic E-state index is 13.0. The van der Waals surface area contributed by atoms with Gasteiger partial charge in [0.15, 0.2) is 6.10 Å². The summed E-state index contributed by atoms with van der Waals surface area (Å²) in [5.74, 6) is -5.04. The Morgan fingerprint density at radius 2 is 0.988 bits per heavy atom. The predicted octanol–water partition coefficient (Wildman–Crippen LogP) is 11.0. The molecule has 480 valence electrons. The Morgan fingerprint density at radius 3 is 1.40 bits per heavy atom. The quantitative estimate of drug-likeness (QED) is 0.0268. The number of carboxylic acid groups (broad SMARTS) is 3. The third-order valence-electron chi connectivity index (χ3n) is 14.9. The molecule has 3 atom stereocenters.